The molecule has 0 spiro atoms. The van der Waals surface area contributed by atoms with Gasteiger partial charge in [-0.2, -0.15) is 0 Å². The van der Waals surface area contributed by atoms with Crippen LogP contribution < -0.4 is 11.1 Å². The van der Waals surface area contributed by atoms with Crippen LogP contribution in [0.1, 0.15) is 17.6 Å². The predicted octanol–water partition coefficient (Wildman–Crippen LogP) is 1.62. The summed E-state index contributed by atoms with van der Waals surface area (Å²) in [5.74, 6) is 1.27. The van der Waals surface area contributed by atoms with Crippen molar-refractivity contribution in [2.24, 2.45) is 10.7 Å². The zero-order valence-electron chi connectivity index (χ0n) is 11.3. The minimum Gasteiger partial charge on any atom is -0.370 e. The first kappa shape index (κ1) is 16.9. The van der Waals surface area contributed by atoms with Crippen molar-refractivity contribution < 1.29 is 0 Å². The van der Waals surface area contributed by atoms with Gasteiger partial charge in [0, 0.05) is 18.0 Å². The van der Waals surface area contributed by atoms with Crippen LogP contribution in [0, 0.1) is 0 Å². The summed E-state index contributed by atoms with van der Waals surface area (Å²) in [6, 6.07) is 4.17. The van der Waals surface area contributed by atoms with Crippen molar-refractivity contribution in [3.63, 3.8) is 0 Å². The molecule has 0 amide bonds. The van der Waals surface area contributed by atoms with Gasteiger partial charge in [-0.05, 0) is 24.8 Å². The van der Waals surface area contributed by atoms with E-state index in [1.165, 1.54) is 4.88 Å². The van der Waals surface area contributed by atoms with E-state index >= 15 is 0 Å². The van der Waals surface area contributed by atoms with E-state index in [0.717, 1.165) is 25.3 Å². The van der Waals surface area contributed by atoms with Gasteiger partial charge in [0.15, 0.2) is 11.8 Å². The first-order valence-corrected chi connectivity index (χ1v) is 7.10. The molecule has 0 aliphatic heterocycles. The van der Waals surface area contributed by atoms with Gasteiger partial charge >= 0.3 is 0 Å². The molecule has 2 aromatic rings. The topological polar surface area (TPSA) is 81.1 Å². The van der Waals surface area contributed by atoms with Gasteiger partial charge in [-0.3, -0.25) is 0 Å². The number of hydrogen-bond donors (Lipinski definition) is 2. The van der Waals surface area contributed by atoms with Gasteiger partial charge in [0.1, 0.15) is 12.9 Å². The third kappa shape index (κ3) is 5.08. The van der Waals surface area contributed by atoms with E-state index < -0.39 is 0 Å². The van der Waals surface area contributed by atoms with E-state index in [1.54, 1.807) is 17.7 Å². The summed E-state index contributed by atoms with van der Waals surface area (Å²) in [5, 5.41) is 13.0. The molecule has 110 valence electrons. The maximum atomic E-state index is 5.81. The van der Waals surface area contributed by atoms with Crippen LogP contribution in [0.5, 0.6) is 0 Å². The van der Waals surface area contributed by atoms with Gasteiger partial charge in [0.25, 0.3) is 0 Å². The second kappa shape index (κ2) is 8.90. The third-order valence-electron chi connectivity index (χ3n) is 2.68. The molecule has 2 aromatic heterocycles. The molecule has 0 unspecified atom stereocenters. The molecule has 2 rings (SSSR count). The Labute approximate surface area is 139 Å². The van der Waals surface area contributed by atoms with Crippen molar-refractivity contribution in [2.75, 3.05) is 6.54 Å². The number of thiophene rings is 1. The minimum atomic E-state index is 0. The van der Waals surface area contributed by atoms with Crippen LogP contribution in [0.15, 0.2) is 28.8 Å². The normalized spacial score (nSPS) is 11.2. The van der Waals surface area contributed by atoms with E-state index in [-0.39, 0.29) is 24.0 Å². The average Bonchev–Trinajstić information content (AvgIpc) is 3.07. The summed E-state index contributed by atoms with van der Waals surface area (Å²) in [6.45, 7) is 4.12. The summed E-state index contributed by atoms with van der Waals surface area (Å²) < 4.78 is 1.95. The lowest BCUT2D eigenvalue weighted by Gasteiger charge is -2.05. The Morgan fingerprint density at radius 2 is 2.40 bits per heavy atom. The maximum Gasteiger partial charge on any atom is 0.189 e. The van der Waals surface area contributed by atoms with Gasteiger partial charge in [-0.15, -0.1) is 45.5 Å². The monoisotopic (exact) mass is 406 g/mol. The van der Waals surface area contributed by atoms with E-state index in [4.69, 9.17) is 5.73 Å². The van der Waals surface area contributed by atoms with Crippen LogP contribution in [-0.2, 0) is 19.5 Å². The number of aliphatic imine (C=N–C) groups is 1. The van der Waals surface area contributed by atoms with Crippen LogP contribution in [0.25, 0.3) is 0 Å². The number of rotatable bonds is 6. The molecule has 0 aliphatic carbocycles. The van der Waals surface area contributed by atoms with Crippen LogP contribution in [-0.4, -0.2) is 27.3 Å². The Hall–Kier alpha value is -1.16. The third-order valence-corrected chi connectivity index (χ3v) is 3.62. The van der Waals surface area contributed by atoms with E-state index in [0.29, 0.717) is 12.5 Å². The second-order valence-corrected chi connectivity index (χ2v) is 5.02. The summed E-state index contributed by atoms with van der Waals surface area (Å²) in [4.78, 5) is 5.60. The molecule has 0 saturated carbocycles. The van der Waals surface area contributed by atoms with Gasteiger partial charge in [-0.25, -0.2) is 4.99 Å². The Morgan fingerprint density at radius 1 is 1.55 bits per heavy atom. The highest BCUT2D eigenvalue weighted by atomic mass is 127. The lowest BCUT2D eigenvalue weighted by Crippen LogP contribution is -2.33. The summed E-state index contributed by atoms with van der Waals surface area (Å²) in [5.41, 5.74) is 5.81. The van der Waals surface area contributed by atoms with Crippen molar-refractivity contribution in [1.29, 1.82) is 0 Å². The van der Waals surface area contributed by atoms with Crippen LogP contribution in [0.3, 0.4) is 0 Å². The molecule has 20 heavy (non-hydrogen) atoms. The molecule has 0 radical (unpaired) electrons. The minimum absolute atomic E-state index is 0. The molecular formula is C12H19IN6S. The summed E-state index contributed by atoms with van der Waals surface area (Å²) >= 11 is 1.75. The molecule has 0 bridgehead atoms. The fourth-order valence-electron chi connectivity index (χ4n) is 1.65. The fraction of sp³-hybridized carbons (Fsp3) is 0.417. The summed E-state index contributed by atoms with van der Waals surface area (Å²) in [6.07, 6.45) is 2.66. The zero-order valence-corrected chi connectivity index (χ0v) is 14.5. The van der Waals surface area contributed by atoms with Gasteiger partial charge < -0.3 is 15.6 Å². The average molecular weight is 406 g/mol. The molecule has 0 saturated heterocycles. The number of guanidine groups is 1. The standard InChI is InChI=1S/C12H18N6S.HI/c1-2-18-9-16-17-11(18)8-15-12(13)14-6-5-10-4-3-7-19-10;/h3-4,7,9H,2,5-6,8H2,1H3,(H3,13,14,15);1H. The van der Waals surface area contributed by atoms with Crippen molar-refractivity contribution >= 4 is 41.3 Å². The Balaban J connectivity index is 0.00000200. The van der Waals surface area contributed by atoms with E-state index in [2.05, 4.69) is 38.0 Å². The molecule has 0 atom stereocenters. The molecule has 6 nitrogen and oxygen atoms in total. The first-order chi connectivity index (χ1) is 9.29. The largest absolute Gasteiger partial charge is 0.370 e. The Bertz CT molecular complexity index is 522. The number of nitrogens with one attached hydrogen (secondary N) is 1. The maximum absolute atomic E-state index is 5.81. The van der Waals surface area contributed by atoms with Crippen LogP contribution >= 0.6 is 35.3 Å². The molecule has 0 aliphatic rings. The van der Waals surface area contributed by atoms with Crippen molar-refractivity contribution in [3.05, 3.63) is 34.5 Å². The van der Waals surface area contributed by atoms with Crippen LogP contribution in [0.4, 0.5) is 0 Å². The van der Waals surface area contributed by atoms with Gasteiger partial charge in [-0.1, -0.05) is 6.07 Å². The first-order valence-electron chi connectivity index (χ1n) is 6.22. The lowest BCUT2D eigenvalue weighted by molar-refractivity contribution is 0.697. The second-order valence-electron chi connectivity index (χ2n) is 3.99. The van der Waals surface area contributed by atoms with E-state index in [9.17, 15) is 0 Å². The highest BCUT2D eigenvalue weighted by Gasteiger charge is 2.01. The van der Waals surface area contributed by atoms with E-state index in [1.807, 2.05) is 11.5 Å². The SMILES string of the molecule is CCn1cnnc1CN=C(N)NCCc1cccs1.I. The molecular weight excluding hydrogens is 387 g/mol. The predicted molar refractivity (Wildman–Crippen MR) is 92.5 cm³/mol. The number of nitrogens with zero attached hydrogens (tertiary/aromatic N) is 4. The van der Waals surface area contributed by atoms with Crippen molar-refractivity contribution in [2.45, 2.75) is 26.4 Å². The number of nitrogens with two attached hydrogens (primary N) is 1. The summed E-state index contributed by atoms with van der Waals surface area (Å²) in [7, 11) is 0. The van der Waals surface area contributed by atoms with Crippen molar-refractivity contribution in [1.82, 2.24) is 20.1 Å². The molecule has 3 N–H and O–H groups in total. The highest BCUT2D eigenvalue weighted by molar-refractivity contribution is 14.0. The Morgan fingerprint density at radius 3 is 3.10 bits per heavy atom. The van der Waals surface area contributed by atoms with Gasteiger partial charge in [0.05, 0.1) is 0 Å². The quantitative estimate of drug-likeness (QED) is 0.434. The van der Waals surface area contributed by atoms with Crippen molar-refractivity contribution in [3.8, 4) is 0 Å². The zero-order chi connectivity index (χ0) is 13.5. The molecule has 0 fully saturated rings. The lowest BCUT2D eigenvalue weighted by atomic mass is 10.3. The number of aromatic nitrogens is 3. The highest BCUT2D eigenvalue weighted by Crippen LogP contribution is 2.07. The molecule has 8 heteroatoms. The van der Waals surface area contributed by atoms with Crippen LogP contribution in [0.2, 0.25) is 0 Å². The smallest absolute Gasteiger partial charge is 0.189 e. The molecule has 0 aromatic carbocycles. The Kier molecular flexibility index (Phi) is 7.52. The molecule has 2 heterocycles. The number of halogens is 1. The number of aryl methyl sites for hydroxylation is 1. The fourth-order valence-corrected chi connectivity index (χ4v) is 2.35. The van der Waals surface area contributed by atoms with Gasteiger partial charge in [0.2, 0.25) is 0 Å². The number of hydrogen-bond acceptors (Lipinski definition) is 4.